The molecule has 0 amide bonds. The number of hydrogen-bond donors (Lipinski definition) is 1. The first kappa shape index (κ1) is 16.5. The quantitative estimate of drug-likeness (QED) is 0.560. The Labute approximate surface area is 152 Å². The third-order valence-electron chi connectivity index (χ3n) is 3.83. The first-order chi connectivity index (χ1) is 13.1. The molecule has 0 spiro atoms. The molecule has 0 aliphatic carbocycles. The van der Waals surface area contributed by atoms with E-state index < -0.39 is 5.97 Å². The van der Waals surface area contributed by atoms with E-state index in [1.165, 1.54) is 30.6 Å². The van der Waals surface area contributed by atoms with Crippen molar-refractivity contribution in [2.45, 2.75) is 0 Å². The number of aromatic hydroxyl groups is 1. The largest absolute Gasteiger partial charge is 0.504 e. The standard InChI is InChI=1S/C20H12N2O5/c23-16-5-1-4-14-17(24)9-18(27-19(14)16)15-7-6-13(11-22-15)26-20(25)12-3-2-8-21-10-12/h1-11,23H. The lowest BCUT2D eigenvalue weighted by molar-refractivity contribution is 0.0733. The molecule has 4 rings (SSSR count). The monoisotopic (exact) mass is 360 g/mol. The van der Waals surface area contributed by atoms with Gasteiger partial charge in [0, 0.05) is 18.5 Å². The molecule has 3 aromatic heterocycles. The summed E-state index contributed by atoms with van der Waals surface area (Å²) in [4.78, 5) is 32.3. The van der Waals surface area contributed by atoms with E-state index in [1.54, 1.807) is 36.5 Å². The highest BCUT2D eigenvalue weighted by Crippen LogP contribution is 2.27. The van der Waals surface area contributed by atoms with Crippen LogP contribution in [0.3, 0.4) is 0 Å². The number of carbonyl (C=O) groups is 1. The number of phenolic OH excluding ortho intramolecular Hbond substituents is 1. The first-order valence-electron chi connectivity index (χ1n) is 7.96. The van der Waals surface area contributed by atoms with Gasteiger partial charge in [-0.05, 0) is 36.4 Å². The van der Waals surface area contributed by atoms with Gasteiger partial charge in [0.15, 0.2) is 22.5 Å². The van der Waals surface area contributed by atoms with E-state index in [9.17, 15) is 14.7 Å². The Kier molecular flexibility index (Phi) is 4.10. The van der Waals surface area contributed by atoms with Gasteiger partial charge in [-0.2, -0.15) is 0 Å². The highest BCUT2D eigenvalue weighted by Gasteiger charge is 2.12. The van der Waals surface area contributed by atoms with Crippen LogP contribution >= 0.6 is 0 Å². The van der Waals surface area contributed by atoms with Crippen molar-refractivity contribution in [3.8, 4) is 23.0 Å². The fraction of sp³-hybridized carbons (Fsp3) is 0. The predicted molar refractivity (Wildman–Crippen MR) is 96.6 cm³/mol. The Balaban J connectivity index is 1.63. The number of esters is 1. The number of phenols is 1. The maximum atomic E-state index is 12.2. The fourth-order valence-corrected chi connectivity index (χ4v) is 2.52. The maximum Gasteiger partial charge on any atom is 0.345 e. The molecule has 7 nitrogen and oxygen atoms in total. The van der Waals surface area contributed by atoms with Gasteiger partial charge in [-0.15, -0.1) is 0 Å². The van der Waals surface area contributed by atoms with Gasteiger partial charge in [-0.1, -0.05) is 6.07 Å². The lowest BCUT2D eigenvalue weighted by atomic mass is 10.2. The van der Waals surface area contributed by atoms with Gasteiger partial charge in [0.1, 0.15) is 11.4 Å². The maximum absolute atomic E-state index is 12.2. The van der Waals surface area contributed by atoms with Gasteiger partial charge in [0.2, 0.25) is 0 Å². The molecule has 0 saturated heterocycles. The van der Waals surface area contributed by atoms with Gasteiger partial charge in [0.05, 0.1) is 17.1 Å². The Morgan fingerprint density at radius 3 is 2.70 bits per heavy atom. The first-order valence-corrected chi connectivity index (χ1v) is 7.96. The second-order valence-electron chi connectivity index (χ2n) is 5.64. The Morgan fingerprint density at radius 1 is 1.07 bits per heavy atom. The van der Waals surface area contributed by atoms with Gasteiger partial charge >= 0.3 is 5.97 Å². The number of para-hydroxylation sites is 1. The number of pyridine rings is 2. The Morgan fingerprint density at radius 2 is 1.96 bits per heavy atom. The van der Waals surface area contributed by atoms with E-state index >= 15 is 0 Å². The summed E-state index contributed by atoms with van der Waals surface area (Å²) < 4.78 is 10.9. The zero-order valence-electron chi connectivity index (χ0n) is 13.8. The molecule has 3 heterocycles. The average molecular weight is 360 g/mol. The molecule has 132 valence electrons. The highest BCUT2D eigenvalue weighted by atomic mass is 16.5. The third kappa shape index (κ3) is 3.25. The molecule has 0 aliphatic rings. The second-order valence-corrected chi connectivity index (χ2v) is 5.64. The molecule has 0 saturated carbocycles. The number of hydrogen-bond acceptors (Lipinski definition) is 7. The van der Waals surface area contributed by atoms with E-state index in [-0.39, 0.29) is 33.7 Å². The number of aromatic nitrogens is 2. The summed E-state index contributed by atoms with van der Waals surface area (Å²) >= 11 is 0. The number of fused-ring (bicyclic) bond motifs is 1. The molecule has 0 fully saturated rings. The third-order valence-corrected chi connectivity index (χ3v) is 3.83. The van der Waals surface area contributed by atoms with Crippen molar-refractivity contribution in [1.82, 2.24) is 9.97 Å². The summed E-state index contributed by atoms with van der Waals surface area (Å²) in [5.41, 5.74) is 0.473. The normalized spacial score (nSPS) is 10.7. The van der Waals surface area contributed by atoms with Crippen LogP contribution in [0.1, 0.15) is 10.4 Å². The molecule has 0 bridgehead atoms. The average Bonchev–Trinajstić information content (AvgIpc) is 2.70. The summed E-state index contributed by atoms with van der Waals surface area (Å²) in [6, 6.07) is 12.2. The number of ether oxygens (including phenoxy) is 1. The minimum atomic E-state index is -0.556. The summed E-state index contributed by atoms with van der Waals surface area (Å²) in [5, 5.41) is 10.2. The summed E-state index contributed by atoms with van der Waals surface area (Å²) in [6.45, 7) is 0. The topological polar surface area (TPSA) is 103 Å². The minimum absolute atomic E-state index is 0.0916. The lowest BCUT2D eigenvalue weighted by Crippen LogP contribution is -2.08. The van der Waals surface area contributed by atoms with E-state index in [4.69, 9.17) is 9.15 Å². The molecular weight excluding hydrogens is 348 g/mol. The zero-order chi connectivity index (χ0) is 18.8. The molecule has 27 heavy (non-hydrogen) atoms. The lowest BCUT2D eigenvalue weighted by Gasteiger charge is -2.06. The van der Waals surface area contributed by atoms with Gasteiger partial charge in [-0.25, -0.2) is 9.78 Å². The van der Waals surface area contributed by atoms with Crippen LogP contribution in [0.4, 0.5) is 0 Å². The number of nitrogens with zero attached hydrogens (tertiary/aromatic N) is 2. The molecule has 7 heteroatoms. The second kappa shape index (κ2) is 6.72. The molecule has 0 aliphatic heterocycles. The summed E-state index contributed by atoms with van der Waals surface area (Å²) in [5.74, 6) is -0.258. The molecule has 0 unspecified atom stereocenters. The number of carbonyl (C=O) groups excluding carboxylic acids is 1. The number of benzene rings is 1. The predicted octanol–water partition coefficient (Wildman–Crippen LogP) is 3.17. The van der Waals surface area contributed by atoms with Crippen LogP contribution in [-0.4, -0.2) is 21.0 Å². The zero-order valence-corrected chi connectivity index (χ0v) is 13.8. The van der Waals surface area contributed by atoms with Crippen molar-refractivity contribution < 1.29 is 19.1 Å². The summed E-state index contributed by atoms with van der Waals surface area (Å²) in [6.07, 6.45) is 4.31. The van der Waals surface area contributed by atoms with Crippen molar-refractivity contribution in [3.05, 3.63) is 82.9 Å². The molecule has 1 aromatic carbocycles. The fourth-order valence-electron chi connectivity index (χ4n) is 2.52. The van der Waals surface area contributed by atoms with Crippen LogP contribution < -0.4 is 10.2 Å². The Hall–Kier alpha value is -4.00. The van der Waals surface area contributed by atoms with E-state index in [0.29, 0.717) is 11.3 Å². The van der Waals surface area contributed by atoms with Crippen molar-refractivity contribution >= 4 is 16.9 Å². The van der Waals surface area contributed by atoms with Crippen LogP contribution in [0.15, 0.2) is 76.3 Å². The van der Waals surface area contributed by atoms with Crippen LogP contribution in [0.25, 0.3) is 22.4 Å². The van der Waals surface area contributed by atoms with Crippen LogP contribution in [0.5, 0.6) is 11.5 Å². The van der Waals surface area contributed by atoms with E-state index in [2.05, 4.69) is 9.97 Å². The van der Waals surface area contributed by atoms with Gasteiger partial charge < -0.3 is 14.3 Å². The molecular formula is C20H12N2O5. The molecule has 0 atom stereocenters. The number of rotatable bonds is 3. The van der Waals surface area contributed by atoms with Crippen molar-refractivity contribution in [1.29, 1.82) is 0 Å². The van der Waals surface area contributed by atoms with Gasteiger partial charge in [-0.3, -0.25) is 9.78 Å². The smallest absolute Gasteiger partial charge is 0.345 e. The van der Waals surface area contributed by atoms with E-state index in [0.717, 1.165) is 0 Å². The molecule has 1 N–H and O–H groups in total. The van der Waals surface area contributed by atoms with Crippen LogP contribution in [-0.2, 0) is 0 Å². The van der Waals surface area contributed by atoms with Crippen molar-refractivity contribution in [2.75, 3.05) is 0 Å². The summed E-state index contributed by atoms with van der Waals surface area (Å²) in [7, 11) is 0. The van der Waals surface area contributed by atoms with Crippen LogP contribution in [0, 0.1) is 0 Å². The molecule has 4 aromatic rings. The van der Waals surface area contributed by atoms with Gasteiger partial charge in [0.25, 0.3) is 0 Å². The Bertz CT molecular complexity index is 1180. The SMILES string of the molecule is O=C(Oc1ccc(-c2cc(=O)c3cccc(O)c3o2)nc1)c1cccnc1. The van der Waals surface area contributed by atoms with Crippen molar-refractivity contribution in [2.24, 2.45) is 0 Å². The van der Waals surface area contributed by atoms with Crippen molar-refractivity contribution in [3.63, 3.8) is 0 Å². The highest BCUT2D eigenvalue weighted by molar-refractivity contribution is 5.90. The van der Waals surface area contributed by atoms with E-state index in [1.807, 2.05) is 0 Å². The van der Waals surface area contributed by atoms with Crippen LogP contribution in [0.2, 0.25) is 0 Å². The molecule has 0 radical (unpaired) electrons. The minimum Gasteiger partial charge on any atom is -0.504 e.